The van der Waals surface area contributed by atoms with Crippen molar-refractivity contribution in [3.8, 4) is 11.3 Å². The lowest BCUT2D eigenvalue weighted by molar-refractivity contribution is 0.127. The first-order chi connectivity index (χ1) is 12.2. The topological polar surface area (TPSA) is 63.1 Å². The summed E-state index contributed by atoms with van der Waals surface area (Å²) in [6.07, 6.45) is 1.94. The fraction of sp³-hybridized carbons (Fsp3) is 0.211. The molecule has 1 aliphatic heterocycles. The van der Waals surface area contributed by atoms with Crippen molar-refractivity contribution in [1.82, 2.24) is 19.9 Å². The monoisotopic (exact) mass is 333 g/mol. The molecule has 0 spiro atoms. The molecule has 126 valence electrons. The predicted octanol–water partition coefficient (Wildman–Crippen LogP) is 3.34. The minimum absolute atomic E-state index is 0.0785. The summed E-state index contributed by atoms with van der Waals surface area (Å²) in [7, 11) is 0. The van der Waals surface area contributed by atoms with Gasteiger partial charge in [-0.1, -0.05) is 47.7 Å². The van der Waals surface area contributed by atoms with Gasteiger partial charge in [0.05, 0.1) is 12.2 Å². The fourth-order valence-electron chi connectivity index (χ4n) is 2.91. The van der Waals surface area contributed by atoms with E-state index in [0.29, 0.717) is 13.1 Å². The third-order valence-electron chi connectivity index (χ3n) is 4.37. The Hall–Kier alpha value is -3.15. The molecule has 1 saturated heterocycles. The van der Waals surface area contributed by atoms with E-state index in [1.807, 2.05) is 72.4 Å². The molecule has 0 aliphatic carbocycles. The van der Waals surface area contributed by atoms with Crippen LogP contribution in [-0.4, -0.2) is 39.0 Å². The highest BCUT2D eigenvalue weighted by molar-refractivity contribution is 5.90. The molecular formula is C19H19N5O. The molecule has 4 rings (SSSR count). The van der Waals surface area contributed by atoms with Crippen molar-refractivity contribution in [2.24, 2.45) is 0 Å². The number of rotatable bonds is 3. The summed E-state index contributed by atoms with van der Waals surface area (Å²) in [5.41, 5.74) is 3.83. The molecule has 2 heterocycles. The van der Waals surface area contributed by atoms with Crippen LogP contribution in [0.25, 0.3) is 11.3 Å². The minimum atomic E-state index is -0.0785. The number of amides is 2. The maximum Gasteiger partial charge on any atom is 0.321 e. The fourth-order valence-corrected chi connectivity index (χ4v) is 2.91. The highest BCUT2D eigenvalue weighted by Crippen LogP contribution is 2.24. The van der Waals surface area contributed by atoms with E-state index in [-0.39, 0.29) is 12.1 Å². The average molecular weight is 333 g/mol. The van der Waals surface area contributed by atoms with Crippen molar-refractivity contribution in [1.29, 1.82) is 0 Å². The van der Waals surface area contributed by atoms with Gasteiger partial charge in [-0.05, 0) is 24.6 Å². The number of carbonyl (C=O) groups excluding carboxylic acids is 1. The summed E-state index contributed by atoms with van der Waals surface area (Å²) in [5, 5.41) is 11.4. The molecule has 6 nitrogen and oxygen atoms in total. The molecule has 0 saturated carbocycles. The van der Waals surface area contributed by atoms with E-state index in [1.165, 1.54) is 0 Å². The summed E-state index contributed by atoms with van der Waals surface area (Å²) in [6.45, 7) is 3.27. The van der Waals surface area contributed by atoms with E-state index in [9.17, 15) is 4.79 Å². The van der Waals surface area contributed by atoms with Crippen LogP contribution in [0.15, 0.2) is 60.8 Å². The van der Waals surface area contributed by atoms with Crippen molar-refractivity contribution < 1.29 is 4.79 Å². The van der Waals surface area contributed by atoms with Gasteiger partial charge < -0.3 is 10.2 Å². The highest BCUT2D eigenvalue weighted by Gasteiger charge is 2.32. The van der Waals surface area contributed by atoms with Crippen molar-refractivity contribution in [3.63, 3.8) is 0 Å². The molecule has 1 N–H and O–H groups in total. The van der Waals surface area contributed by atoms with Gasteiger partial charge >= 0.3 is 6.03 Å². The van der Waals surface area contributed by atoms with E-state index in [0.717, 1.165) is 22.5 Å². The van der Waals surface area contributed by atoms with Gasteiger partial charge in [-0.2, -0.15) is 0 Å². The van der Waals surface area contributed by atoms with Crippen molar-refractivity contribution in [2.75, 3.05) is 18.4 Å². The molecule has 1 fully saturated rings. The van der Waals surface area contributed by atoms with Crippen LogP contribution >= 0.6 is 0 Å². The molecule has 1 aromatic heterocycles. The molecule has 2 amide bonds. The van der Waals surface area contributed by atoms with Crippen LogP contribution in [-0.2, 0) is 0 Å². The van der Waals surface area contributed by atoms with E-state index in [2.05, 4.69) is 15.6 Å². The Morgan fingerprint density at radius 2 is 1.92 bits per heavy atom. The summed E-state index contributed by atoms with van der Waals surface area (Å²) >= 11 is 0. The first-order valence-corrected chi connectivity index (χ1v) is 8.29. The first kappa shape index (κ1) is 15.4. The van der Waals surface area contributed by atoms with E-state index in [1.54, 1.807) is 4.90 Å². The normalized spacial score (nSPS) is 14.2. The second kappa shape index (κ2) is 6.39. The Labute approximate surface area is 146 Å². The molecule has 2 aromatic carbocycles. The number of hydrogen-bond acceptors (Lipinski definition) is 3. The molecule has 6 heteroatoms. The summed E-state index contributed by atoms with van der Waals surface area (Å²) in [5.74, 6) is 0. The van der Waals surface area contributed by atoms with E-state index >= 15 is 0 Å². The standard InChI is InChI=1S/C19H19N5O/c1-14-6-5-9-16(10-14)20-19(25)23-11-17(12-23)24-13-18(21-22-24)15-7-3-2-4-8-15/h2-10,13,17H,11-12H2,1H3,(H,20,25). The molecular weight excluding hydrogens is 314 g/mol. The SMILES string of the molecule is Cc1cccc(NC(=O)N2CC(n3cc(-c4ccccc4)nn3)C2)c1. The average Bonchev–Trinajstić information content (AvgIpc) is 3.04. The van der Waals surface area contributed by atoms with Gasteiger partial charge in [0.25, 0.3) is 0 Å². The number of nitrogens with zero attached hydrogens (tertiary/aromatic N) is 4. The number of carbonyl (C=O) groups is 1. The number of nitrogens with one attached hydrogen (secondary N) is 1. The summed E-state index contributed by atoms with van der Waals surface area (Å²) in [6, 6.07) is 17.8. The maximum absolute atomic E-state index is 12.3. The van der Waals surface area contributed by atoms with Crippen molar-refractivity contribution in [2.45, 2.75) is 13.0 Å². The van der Waals surface area contributed by atoms with Gasteiger partial charge in [-0.25, -0.2) is 9.48 Å². The Morgan fingerprint density at radius 1 is 1.12 bits per heavy atom. The van der Waals surface area contributed by atoms with Crippen LogP contribution < -0.4 is 5.32 Å². The lowest BCUT2D eigenvalue weighted by Crippen LogP contribution is -2.52. The quantitative estimate of drug-likeness (QED) is 0.799. The smallest absolute Gasteiger partial charge is 0.320 e. The Morgan fingerprint density at radius 3 is 2.68 bits per heavy atom. The van der Waals surface area contributed by atoms with Crippen molar-refractivity contribution in [3.05, 3.63) is 66.4 Å². The zero-order valence-electron chi connectivity index (χ0n) is 14.0. The van der Waals surface area contributed by atoms with Gasteiger partial charge in [0, 0.05) is 24.3 Å². The van der Waals surface area contributed by atoms with Gasteiger partial charge in [0.15, 0.2) is 0 Å². The number of hydrogen-bond donors (Lipinski definition) is 1. The van der Waals surface area contributed by atoms with Crippen LogP contribution in [0.3, 0.4) is 0 Å². The first-order valence-electron chi connectivity index (χ1n) is 8.29. The van der Waals surface area contributed by atoms with Crippen LogP contribution in [0.2, 0.25) is 0 Å². The third-order valence-corrected chi connectivity index (χ3v) is 4.37. The highest BCUT2D eigenvalue weighted by atomic mass is 16.2. The van der Waals surface area contributed by atoms with Crippen LogP contribution in [0.1, 0.15) is 11.6 Å². The molecule has 3 aromatic rings. The Balaban J connectivity index is 1.36. The number of likely N-dealkylation sites (tertiary alicyclic amines) is 1. The number of benzene rings is 2. The number of urea groups is 1. The van der Waals surface area contributed by atoms with Crippen LogP contribution in [0.4, 0.5) is 10.5 Å². The van der Waals surface area contributed by atoms with E-state index in [4.69, 9.17) is 0 Å². The van der Waals surface area contributed by atoms with Crippen molar-refractivity contribution >= 4 is 11.7 Å². The zero-order valence-corrected chi connectivity index (χ0v) is 14.0. The van der Waals surface area contributed by atoms with Crippen LogP contribution in [0, 0.1) is 6.92 Å². The summed E-state index contributed by atoms with van der Waals surface area (Å²) < 4.78 is 1.85. The zero-order chi connectivity index (χ0) is 17.2. The van der Waals surface area contributed by atoms with Gasteiger partial charge in [0.2, 0.25) is 0 Å². The van der Waals surface area contributed by atoms with Gasteiger partial charge in [-0.3, -0.25) is 0 Å². The minimum Gasteiger partial charge on any atom is -0.320 e. The third kappa shape index (κ3) is 3.24. The van der Waals surface area contributed by atoms with Crippen LogP contribution in [0.5, 0.6) is 0 Å². The maximum atomic E-state index is 12.3. The largest absolute Gasteiger partial charge is 0.321 e. The number of aryl methyl sites for hydroxylation is 1. The molecule has 0 radical (unpaired) electrons. The number of anilines is 1. The Kier molecular flexibility index (Phi) is 3.93. The molecule has 1 aliphatic rings. The van der Waals surface area contributed by atoms with Gasteiger partial charge in [0.1, 0.15) is 5.69 Å². The molecule has 0 atom stereocenters. The predicted molar refractivity (Wildman–Crippen MR) is 96.3 cm³/mol. The molecule has 25 heavy (non-hydrogen) atoms. The molecule has 0 unspecified atom stereocenters. The lowest BCUT2D eigenvalue weighted by atomic mass is 10.1. The van der Waals surface area contributed by atoms with E-state index < -0.39 is 0 Å². The summed E-state index contributed by atoms with van der Waals surface area (Å²) in [4.78, 5) is 14.1. The lowest BCUT2D eigenvalue weighted by Gasteiger charge is -2.38. The van der Waals surface area contributed by atoms with Gasteiger partial charge in [-0.15, -0.1) is 5.10 Å². The Bertz CT molecular complexity index is 884. The second-order valence-corrected chi connectivity index (χ2v) is 6.31. The molecule has 0 bridgehead atoms. The second-order valence-electron chi connectivity index (χ2n) is 6.31. The number of aromatic nitrogens is 3.